The summed E-state index contributed by atoms with van der Waals surface area (Å²) in [6, 6.07) is 9.70. The lowest BCUT2D eigenvalue weighted by Gasteiger charge is -2.25. The molecule has 1 heterocycles. The number of ether oxygens (including phenoxy) is 2. The summed E-state index contributed by atoms with van der Waals surface area (Å²) in [7, 11) is 0. The molecular weight excluding hydrogens is 314 g/mol. The van der Waals surface area contributed by atoms with Crippen molar-refractivity contribution in [2.45, 2.75) is 39.7 Å². The van der Waals surface area contributed by atoms with Gasteiger partial charge >= 0.3 is 6.09 Å². The van der Waals surface area contributed by atoms with Gasteiger partial charge in [0, 0.05) is 6.54 Å². The Labute approximate surface area is 150 Å². The summed E-state index contributed by atoms with van der Waals surface area (Å²) in [6.07, 6.45) is 6.48. The molecule has 1 aliphatic heterocycles. The molecule has 0 radical (unpaired) electrons. The van der Waals surface area contributed by atoms with E-state index in [1.807, 2.05) is 50.3 Å². The fourth-order valence-corrected chi connectivity index (χ4v) is 2.67. The van der Waals surface area contributed by atoms with Gasteiger partial charge in [0.15, 0.2) is 0 Å². The molecule has 2 rings (SSSR count). The van der Waals surface area contributed by atoms with Gasteiger partial charge in [-0.05, 0) is 44.7 Å². The van der Waals surface area contributed by atoms with Crippen LogP contribution in [-0.2, 0) is 16.1 Å². The van der Waals surface area contributed by atoms with Crippen LogP contribution in [0.4, 0.5) is 4.79 Å². The van der Waals surface area contributed by atoms with Crippen LogP contribution < -0.4 is 0 Å². The molecule has 0 saturated carbocycles. The quantitative estimate of drug-likeness (QED) is 0.528. The minimum atomic E-state index is -0.343. The average Bonchev–Trinajstić information content (AvgIpc) is 2.86. The molecule has 0 unspecified atom stereocenters. The van der Waals surface area contributed by atoms with E-state index >= 15 is 0 Å². The summed E-state index contributed by atoms with van der Waals surface area (Å²) in [4.78, 5) is 14.4. The summed E-state index contributed by atoms with van der Waals surface area (Å²) < 4.78 is 11.3. The van der Waals surface area contributed by atoms with Crippen LogP contribution in [0.5, 0.6) is 0 Å². The Morgan fingerprint density at radius 2 is 2.00 bits per heavy atom. The maximum Gasteiger partial charge on any atom is 0.414 e. The summed E-state index contributed by atoms with van der Waals surface area (Å²) in [5, 5.41) is 0. The Kier molecular flexibility index (Phi) is 7.33. The predicted octanol–water partition coefficient (Wildman–Crippen LogP) is 5.19. The van der Waals surface area contributed by atoms with E-state index in [2.05, 4.69) is 12.7 Å². The molecule has 1 amide bonds. The second-order valence-electron chi connectivity index (χ2n) is 6.06. The average molecular weight is 341 g/mol. The number of carbonyl (C=O) groups is 1. The maximum atomic E-state index is 12.7. The molecule has 0 aromatic heterocycles. The van der Waals surface area contributed by atoms with Gasteiger partial charge in [0.05, 0.1) is 12.3 Å². The van der Waals surface area contributed by atoms with Gasteiger partial charge in [0.2, 0.25) is 0 Å². The summed E-state index contributed by atoms with van der Waals surface area (Å²) in [5.41, 5.74) is 2.63. The van der Waals surface area contributed by atoms with Gasteiger partial charge in [-0.25, -0.2) is 4.79 Å². The van der Waals surface area contributed by atoms with E-state index < -0.39 is 0 Å². The predicted molar refractivity (Wildman–Crippen MR) is 99.8 cm³/mol. The Bertz CT molecular complexity index is 646. The zero-order valence-electron chi connectivity index (χ0n) is 15.2. The van der Waals surface area contributed by atoms with Crippen LogP contribution in [0.3, 0.4) is 0 Å². The van der Waals surface area contributed by atoms with E-state index in [1.165, 1.54) is 0 Å². The van der Waals surface area contributed by atoms with Gasteiger partial charge in [-0.1, -0.05) is 48.6 Å². The standard InChI is InChI=1S/C21H27NO3/c1-4-24-20(15-17(2)3)19-13-9-6-10-14-22(19)21(23)25-16-18-11-7-5-8-12-18/h5,7-8,11-13,15H,2,4,6,9-10,14,16H2,1,3H3/b20-15+. The van der Waals surface area contributed by atoms with E-state index in [4.69, 9.17) is 9.47 Å². The number of nitrogens with zero attached hydrogens (tertiary/aromatic N) is 1. The number of carbonyl (C=O) groups excluding carboxylic acids is 1. The third-order valence-corrected chi connectivity index (χ3v) is 3.82. The Balaban J connectivity index is 2.16. The lowest BCUT2D eigenvalue weighted by Crippen LogP contribution is -2.32. The smallest absolute Gasteiger partial charge is 0.414 e. The van der Waals surface area contributed by atoms with Gasteiger partial charge in [0.1, 0.15) is 12.4 Å². The SMILES string of the molecule is C=C(C)/C=C(/OCC)C1=CCCCCN1C(=O)OCc1ccccc1. The maximum absolute atomic E-state index is 12.7. The van der Waals surface area contributed by atoms with Crippen molar-refractivity contribution in [1.82, 2.24) is 4.90 Å². The third-order valence-electron chi connectivity index (χ3n) is 3.82. The highest BCUT2D eigenvalue weighted by atomic mass is 16.6. The number of hydrogen-bond donors (Lipinski definition) is 0. The van der Waals surface area contributed by atoms with E-state index in [-0.39, 0.29) is 12.7 Å². The van der Waals surface area contributed by atoms with Crippen LogP contribution in [0.15, 0.2) is 66.1 Å². The zero-order chi connectivity index (χ0) is 18.1. The molecule has 134 valence electrons. The second kappa shape index (κ2) is 9.72. The lowest BCUT2D eigenvalue weighted by atomic mass is 10.2. The van der Waals surface area contributed by atoms with Crippen molar-refractivity contribution in [3.63, 3.8) is 0 Å². The molecule has 0 atom stereocenters. The molecule has 1 aromatic rings. The van der Waals surface area contributed by atoms with Crippen molar-refractivity contribution < 1.29 is 14.3 Å². The van der Waals surface area contributed by atoms with Crippen molar-refractivity contribution in [3.05, 3.63) is 71.7 Å². The normalized spacial score (nSPS) is 15.2. The van der Waals surface area contributed by atoms with Crippen LogP contribution >= 0.6 is 0 Å². The Hall–Kier alpha value is -2.49. The fourth-order valence-electron chi connectivity index (χ4n) is 2.67. The fraction of sp³-hybridized carbons (Fsp3) is 0.381. The van der Waals surface area contributed by atoms with Crippen molar-refractivity contribution in [2.24, 2.45) is 0 Å². The molecule has 4 heteroatoms. The van der Waals surface area contributed by atoms with E-state index in [0.29, 0.717) is 18.9 Å². The summed E-state index contributed by atoms with van der Waals surface area (Å²) >= 11 is 0. The first kappa shape index (κ1) is 18.8. The highest BCUT2D eigenvalue weighted by Crippen LogP contribution is 2.24. The highest BCUT2D eigenvalue weighted by molar-refractivity contribution is 5.71. The van der Waals surface area contributed by atoms with Crippen molar-refractivity contribution in [3.8, 4) is 0 Å². The molecule has 0 fully saturated rings. The van der Waals surface area contributed by atoms with E-state index in [9.17, 15) is 4.79 Å². The number of allylic oxidation sites excluding steroid dienone is 3. The molecular formula is C21H27NO3. The van der Waals surface area contributed by atoms with Crippen LogP contribution in [0.1, 0.15) is 38.7 Å². The zero-order valence-corrected chi connectivity index (χ0v) is 15.2. The molecule has 0 N–H and O–H groups in total. The van der Waals surface area contributed by atoms with E-state index in [0.717, 1.165) is 36.1 Å². The first-order valence-corrected chi connectivity index (χ1v) is 8.80. The minimum Gasteiger partial charge on any atom is -0.492 e. The van der Waals surface area contributed by atoms with Gasteiger partial charge in [0.25, 0.3) is 0 Å². The number of amides is 1. The molecule has 25 heavy (non-hydrogen) atoms. The monoisotopic (exact) mass is 341 g/mol. The van der Waals surface area contributed by atoms with Gasteiger partial charge in [-0.2, -0.15) is 0 Å². The van der Waals surface area contributed by atoms with Crippen LogP contribution in [0.2, 0.25) is 0 Å². The number of hydrogen-bond acceptors (Lipinski definition) is 3. The summed E-state index contributed by atoms with van der Waals surface area (Å²) in [5.74, 6) is 0.675. The van der Waals surface area contributed by atoms with Crippen LogP contribution in [-0.4, -0.2) is 24.1 Å². The van der Waals surface area contributed by atoms with E-state index in [1.54, 1.807) is 4.90 Å². The van der Waals surface area contributed by atoms with Crippen LogP contribution in [0, 0.1) is 0 Å². The first-order valence-electron chi connectivity index (χ1n) is 8.80. The van der Waals surface area contributed by atoms with Gasteiger partial charge in [-0.15, -0.1) is 0 Å². The lowest BCUT2D eigenvalue weighted by molar-refractivity contribution is 0.103. The second-order valence-corrected chi connectivity index (χ2v) is 6.06. The molecule has 0 saturated heterocycles. The molecule has 0 bridgehead atoms. The third kappa shape index (κ3) is 5.82. The molecule has 0 spiro atoms. The number of benzene rings is 1. The largest absolute Gasteiger partial charge is 0.492 e. The first-order chi connectivity index (χ1) is 12.1. The molecule has 4 nitrogen and oxygen atoms in total. The number of rotatable bonds is 6. The Morgan fingerprint density at radius 1 is 1.24 bits per heavy atom. The van der Waals surface area contributed by atoms with Crippen LogP contribution in [0.25, 0.3) is 0 Å². The van der Waals surface area contributed by atoms with Crippen molar-refractivity contribution in [1.29, 1.82) is 0 Å². The molecule has 0 aliphatic carbocycles. The van der Waals surface area contributed by atoms with Crippen molar-refractivity contribution >= 4 is 6.09 Å². The van der Waals surface area contributed by atoms with Gasteiger partial charge in [-0.3, -0.25) is 4.90 Å². The van der Waals surface area contributed by atoms with Crippen molar-refractivity contribution in [2.75, 3.05) is 13.2 Å². The molecule has 1 aromatic carbocycles. The van der Waals surface area contributed by atoms with Gasteiger partial charge < -0.3 is 9.47 Å². The summed E-state index contributed by atoms with van der Waals surface area (Å²) in [6.45, 7) is 9.18. The topological polar surface area (TPSA) is 38.8 Å². The minimum absolute atomic E-state index is 0.262. The highest BCUT2D eigenvalue weighted by Gasteiger charge is 2.24. The molecule has 1 aliphatic rings. The Morgan fingerprint density at radius 3 is 2.68 bits per heavy atom.